The predicted molar refractivity (Wildman–Crippen MR) is 66.3 cm³/mol. The van der Waals surface area contributed by atoms with Crippen LogP contribution < -0.4 is 15.2 Å². The second-order valence-corrected chi connectivity index (χ2v) is 3.65. The first-order valence-electron chi connectivity index (χ1n) is 5.62. The smallest absolute Gasteiger partial charge is 0.240 e. The summed E-state index contributed by atoms with van der Waals surface area (Å²) in [7, 11) is 0. The van der Waals surface area contributed by atoms with E-state index in [1.54, 1.807) is 6.92 Å². The number of hydrogen-bond donors (Lipinski definition) is 1. The van der Waals surface area contributed by atoms with Gasteiger partial charge >= 0.3 is 0 Å². The Kier molecular flexibility index (Phi) is 3.79. The van der Waals surface area contributed by atoms with Crippen LogP contribution in [-0.2, 0) is 0 Å². The van der Waals surface area contributed by atoms with Gasteiger partial charge in [0.25, 0.3) is 0 Å². The first kappa shape index (κ1) is 13.1. The zero-order valence-electron chi connectivity index (χ0n) is 10.2. The lowest BCUT2D eigenvalue weighted by atomic mass is 10.3. The Labute approximate surface area is 108 Å². The molecule has 1 heterocycles. The van der Waals surface area contributed by atoms with Gasteiger partial charge in [-0.05, 0) is 25.1 Å². The molecule has 100 valence electrons. The van der Waals surface area contributed by atoms with Crippen molar-refractivity contribution < 1.29 is 18.3 Å². The summed E-state index contributed by atoms with van der Waals surface area (Å²) in [5, 5.41) is 0. The van der Waals surface area contributed by atoms with Crippen molar-refractivity contribution in [2.75, 3.05) is 12.3 Å². The average molecular weight is 266 g/mol. The molecule has 2 N–H and O–H groups in total. The van der Waals surface area contributed by atoms with Gasteiger partial charge < -0.3 is 15.2 Å². The van der Waals surface area contributed by atoms with Crippen LogP contribution in [0.2, 0.25) is 0 Å². The second-order valence-electron chi connectivity index (χ2n) is 3.65. The summed E-state index contributed by atoms with van der Waals surface area (Å²) in [4.78, 5) is 3.99. The van der Waals surface area contributed by atoms with E-state index in [-0.39, 0.29) is 17.5 Å². The molecule has 4 nitrogen and oxygen atoms in total. The molecule has 0 saturated heterocycles. The number of halogens is 2. The van der Waals surface area contributed by atoms with E-state index in [9.17, 15) is 8.78 Å². The normalized spacial score (nSPS) is 10.3. The fourth-order valence-electron chi connectivity index (χ4n) is 1.41. The average Bonchev–Trinajstić information content (AvgIpc) is 2.37. The van der Waals surface area contributed by atoms with Gasteiger partial charge in [-0.25, -0.2) is 8.78 Å². The van der Waals surface area contributed by atoms with E-state index < -0.39 is 11.6 Å². The summed E-state index contributed by atoms with van der Waals surface area (Å²) in [6.07, 6.45) is 0. The molecule has 1 aromatic heterocycles. The number of rotatable bonds is 4. The maximum Gasteiger partial charge on any atom is 0.240 e. The van der Waals surface area contributed by atoms with Crippen LogP contribution in [0.25, 0.3) is 0 Å². The Morgan fingerprint density at radius 1 is 1.21 bits per heavy atom. The minimum Gasteiger partial charge on any atom is -0.476 e. The Balaban J connectivity index is 2.25. The zero-order valence-corrected chi connectivity index (χ0v) is 10.2. The van der Waals surface area contributed by atoms with Crippen molar-refractivity contribution in [2.45, 2.75) is 6.92 Å². The van der Waals surface area contributed by atoms with Crippen LogP contribution in [0.1, 0.15) is 6.92 Å². The SMILES string of the molecule is CCOc1nc(Oc2ccc(F)cc2F)ccc1N. The molecule has 1 aromatic carbocycles. The number of ether oxygens (including phenoxy) is 2. The summed E-state index contributed by atoms with van der Waals surface area (Å²) in [5.41, 5.74) is 6.01. The van der Waals surface area contributed by atoms with Gasteiger partial charge in [-0.15, -0.1) is 0 Å². The highest BCUT2D eigenvalue weighted by Gasteiger charge is 2.09. The number of aromatic nitrogens is 1. The van der Waals surface area contributed by atoms with Crippen molar-refractivity contribution in [3.8, 4) is 17.5 Å². The highest BCUT2D eigenvalue weighted by atomic mass is 19.1. The van der Waals surface area contributed by atoms with E-state index in [0.29, 0.717) is 12.3 Å². The van der Waals surface area contributed by atoms with Crippen molar-refractivity contribution in [3.05, 3.63) is 42.0 Å². The minimum atomic E-state index is -0.809. The lowest BCUT2D eigenvalue weighted by Crippen LogP contribution is -2.00. The maximum atomic E-state index is 13.4. The first-order chi connectivity index (χ1) is 9.10. The summed E-state index contributed by atoms with van der Waals surface area (Å²) in [6, 6.07) is 6.02. The monoisotopic (exact) mass is 266 g/mol. The molecule has 0 aliphatic carbocycles. The third kappa shape index (κ3) is 3.09. The molecule has 2 aromatic rings. The number of nitrogens with two attached hydrogens (primary N) is 1. The number of anilines is 1. The molecule has 0 fully saturated rings. The summed E-state index contributed by atoms with van der Waals surface area (Å²) in [5.74, 6) is -1.28. The standard InChI is InChI=1S/C13H12F2N2O2/c1-2-18-13-10(16)4-6-12(17-13)19-11-5-3-8(14)7-9(11)15/h3-7H,2,16H2,1H3. The van der Waals surface area contributed by atoms with E-state index in [4.69, 9.17) is 15.2 Å². The van der Waals surface area contributed by atoms with Crippen LogP contribution in [-0.4, -0.2) is 11.6 Å². The molecule has 19 heavy (non-hydrogen) atoms. The fourth-order valence-corrected chi connectivity index (χ4v) is 1.41. The third-order valence-corrected chi connectivity index (χ3v) is 2.25. The van der Waals surface area contributed by atoms with Gasteiger partial charge in [0.2, 0.25) is 11.8 Å². The lowest BCUT2D eigenvalue weighted by molar-refractivity contribution is 0.322. The highest BCUT2D eigenvalue weighted by molar-refractivity contribution is 5.49. The number of benzene rings is 1. The van der Waals surface area contributed by atoms with Crippen LogP contribution in [0.15, 0.2) is 30.3 Å². The van der Waals surface area contributed by atoms with Gasteiger partial charge in [-0.1, -0.05) is 0 Å². The van der Waals surface area contributed by atoms with Crippen LogP contribution in [0.3, 0.4) is 0 Å². The molecule has 0 amide bonds. The van der Waals surface area contributed by atoms with Gasteiger partial charge in [0.1, 0.15) is 5.82 Å². The number of pyridine rings is 1. The van der Waals surface area contributed by atoms with Gasteiger partial charge in [0.15, 0.2) is 11.6 Å². The summed E-state index contributed by atoms with van der Waals surface area (Å²) in [6.45, 7) is 2.18. The lowest BCUT2D eigenvalue weighted by Gasteiger charge is -2.09. The van der Waals surface area contributed by atoms with Gasteiger partial charge in [-0.3, -0.25) is 0 Å². The molecule has 0 atom stereocenters. The molecule has 2 rings (SSSR count). The molecule has 0 aliphatic rings. The Morgan fingerprint density at radius 2 is 2.00 bits per heavy atom. The molecule has 6 heteroatoms. The molecule has 0 saturated carbocycles. The van der Waals surface area contributed by atoms with Crippen molar-refractivity contribution in [1.29, 1.82) is 0 Å². The molecule has 0 radical (unpaired) electrons. The summed E-state index contributed by atoms with van der Waals surface area (Å²) >= 11 is 0. The summed E-state index contributed by atoms with van der Waals surface area (Å²) < 4.78 is 36.6. The minimum absolute atomic E-state index is 0.114. The Morgan fingerprint density at radius 3 is 2.68 bits per heavy atom. The number of hydrogen-bond acceptors (Lipinski definition) is 4. The van der Waals surface area contributed by atoms with Gasteiger partial charge in [-0.2, -0.15) is 4.98 Å². The molecule has 0 aliphatic heterocycles. The molecule has 0 unspecified atom stereocenters. The fraction of sp³-hybridized carbons (Fsp3) is 0.154. The van der Waals surface area contributed by atoms with E-state index in [0.717, 1.165) is 12.1 Å². The quantitative estimate of drug-likeness (QED) is 0.923. The van der Waals surface area contributed by atoms with E-state index in [1.807, 2.05) is 0 Å². The van der Waals surface area contributed by atoms with Crippen LogP contribution >= 0.6 is 0 Å². The first-order valence-corrected chi connectivity index (χ1v) is 5.62. The predicted octanol–water partition coefficient (Wildman–Crippen LogP) is 3.13. The van der Waals surface area contributed by atoms with Crippen LogP contribution in [0.5, 0.6) is 17.5 Å². The molecule has 0 bridgehead atoms. The number of nitrogen functional groups attached to an aromatic ring is 1. The molecular weight excluding hydrogens is 254 g/mol. The van der Waals surface area contributed by atoms with E-state index >= 15 is 0 Å². The maximum absolute atomic E-state index is 13.4. The van der Waals surface area contributed by atoms with Gasteiger partial charge in [0.05, 0.1) is 12.3 Å². The van der Waals surface area contributed by atoms with Crippen LogP contribution in [0.4, 0.5) is 14.5 Å². The molecule has 0 spiro atoms. The zero-order chi connectivity index (χ0) is 13.8. The second kappa shape index (κ2) is 5.51. The van der Waals surface area contributed by atoms with Crippen molar-refractivity contribution >= 4 is 5.69 Å². The Bertz CT molecular complexity index is 591. The molecular formula is C13H12F2N2O2. The van der Waals surface area contributed by atoms with E-state index in [1.165, 1.54) is 18.2 Å². The van der Waals surface area contributed by atoms with Gasteiger partial charge in [0, 0.05) is 12.1 Å². The largest absolute Gasteiger partial charge is 0.476 e. The third-order valence-electron chi connectivity index (χ3n) is 2.25. The highest BCUT2D eigenvalue weighted by Crippen LogP contribution is 2.27. The van der Waals surface area contributed by atoms with Crippen molar-refractivity contribution in [1.82, 2.24) is 4.98 Å². The topological polar surface area (TPSA) is 57.4 Å². The number of nitrogens with zero attached hydrogens (tertiary/aromatic N) is 1. The van der Waals surface area contributed by atoms with Crippen molar-refractivity contribution in [2.24, 2.45) is 0 Å². The van der Waals surface area contributed by atoms with Crippen molar-refractivity contribution in [3.63, 3.8) is 0 Å². The van der Waals surface area contributed by atoms with E-state index in [2.05, 4.69) is 4.98 Å². The Hall–Kier alpha value is -2.37. The van der Waals surface area contributed by atoms with Crippen LogP contribution in [0, 0.1) is 11.6 Å².